The molecule has 0 fully saturated rings. The summed E-state index contributed by atoms with van der Waals surface area (Å²) in [6.45, 7) is 0.866. The Kier molecular flexibility index (Phi) is 3.10. The largest absolute Gasteiger partial charge is 0.385 e. The summed E-state index contributed by atoms with van der Waals surface area (Å²) in [5.41, 5.74) is 1.41. The molecule has 10 heavy (non-hydrogen) atoms. The molecule has 0 aromatic heterocycles. The van der Waals surface area contributed by atoms with Crippen molar-refractivity contribution in [3.8, 4) is 0 Å². The van der Waals surface area contributed by atoms with Crippen LogP contribution in [0, 0.1) is 6.42 Å². The molecular formula is C9H13O+. The number of rotatable bonds is 4. The van der Waals surface area contributed by atoms with Gasteiger partial charge in [0.2, 0.25) is 0 Å². The van der Waals surface area contributed by atoms with Crippen LogP contribution in [0.25, 0.3) is 0 Å². The Balaban J connectivity index is 2.08. The second kappa shape index (κ2) is 4.18. The zero-order valence-electron chi connectivity index (χ0n) is 6.34. The summed E-state index contributed by atoms with van der Waals surface area (Å²) in [5.74, 6) is 0. The van der Waals surface area contributed by atoms with Crippen molar-refractivity contribution in [1.29, 1.82) is 0 Å². The molecule has 1 nitrogen and oxygen atoms in total. The Bertz CT molecular complexity index is 145. The second-order valence-electron chi connectivity index (χ2n) is 2.39. The van der Waals surface area contributed by atoms with Gasteiger partial charge < -0.3 is 4.74 Å². The molecular weight excluding hydrogens is 124 g/mol. The van der Waals surface area contributed by atoms with E-state index in [9.17, 15) is 0 Å². The van der Waals surface area contributed by atoms with E-state index in [1.165, 1.54) is 5.57 Å². The average molecular weight is 137 g/mol. The van der Waals surface area contributed by atoms with Gasteiger partial charge in [0.1, 0.15) is 0 Å². The maximum atomic E-state index is 4.94. The van der Waals surface area contributed by atoms with E-state index in [1.807, 2.05) is 0 Å². The van der Waals surface area contributed by atoms with Crippen molar-refractivity contribution in [3.05, 3.63) is 30.2 Å². The fourth-order valence-electron chi connectivity index (χ4n) is 1.00. The molecule has 1 heteroatoms. The van der Waals surface area contributed by atoms with Crippen LogP contribution in [0.15, 0.2) is 23.8 Å². The van der Waals surface area contributed by atoms with Crippen molar-refractivity contribution < 1.29 is 4.74 Å². The molecule has 0 unspecified atom stereocenters. The minimum atomic E-state index is 0.866. The zero-order valence-corrected chi connectivity index (χ0v) is 6.34. The van der Waals surface area contributed by atoms with Crippen LogP contribution in [0.5, 0.6) is 0 Å². The maximum Gasteiger partial charge on any atom is 0.0932 e. The van der Waals surface area contributed by atoms with Gasteiger partial charge in [0.05, 0.1) is 23.8 Å². The molecule has 0 aromatic carbocycles. The van der Waals surface area contributed by atoms with Crippen molar-refractivity contribution in [2.45, 2.75) is 12.8 Å². The smallest absolute Gasteiger partial charge is 0.0932 e. The molecule has 54 valence electrons. The van der Waals surface area contributed by atoms with E-state index >= 15 is 0 Å². The van der Waals surface area contributed by atoms with Gasteiger partial charge in [-0.15, -0.1) is 0 Å². The molecule has 0 N–H and O–H groups in total. The van der Waals surface area contributed by atoms with E-state index in [0.29, 0.717) is 0 Å². The average Bonchev–Trinajstić information content (AvgIpc) is 2.41. The highest BCUT2D eigenvalue weighted by molar-refractivity contribution is 5.33. The van der Waals surface area contributed by atoms with Gasteiger partial charge in [-0.2, -0.15) is 0 Å². The maximum absolute atomic E-state index is 4.94. The minimum Gasteiger partial charge on any atom is -0.385 e. The molecule has 0 saturated carbocycles. The molecule has 0 heterocycles. The van der Waals surface area contributed by atoms with E-state index in [4.69, 9.17) is 4.74 Å². The van der Waals surface area contributed by atoms with Crippen LogP contribution < -0.4 is 0 Å². The Hall–Kier alpha value is -0.690. The lowest BCUT2D eigenvalue weighted by Gasteiger charge is -1.92. The molecule has 0 amide bonds. The summed E-state index contributed by atoms with van der Waals surface area (Å²) in [6.07, 6.45) is 10.7. The molecule has 1 rings (SSSR count). The first-order chi connectivity index (χ1) is 4.93. The Labute approximate surface area is 62.4 Å². The Morgan fingerprint density at radius 3 is 3.10 bits per heavy atom. The molecule has 1 aliphatic rings. The van der Waals surface area contributed by atoms with Gasteiger partial charge in [0.25, 0.3) is 0 Å². The molecule has 0 radical (unpaired) electrons. The van der Waals surface area contributed by atoms with Gasteiger partial charge in [-0.1, -0.05) is 0 Å². The fraction of sp³-hybridized carbons (Fsp3) is 0.444. The van der Waals surface area contributed by atoms with Crippen molar-refractivity contribution in [3.63, 3.8) is 0 Å². The van der Waals surface area contributed by atoms with Gasteiger partial charge in [0.15, 0.2) is 0 Å². The van der Waals surface area contributed by atoms with Crippen LogP contribution in [0.2, 0.25) is 0 Å². The van der Waals surface area contributed by atoms with Gasteiger partial charge in [-0.3, -0.25) is 0 Å². The minimum absolute atomic E-state index is 0.866. The lowest BCUT2D eigenvalue weighted by Crippen LogP contribution is -1.88. The number of ether oxygens (including phenoxy) is 1. The molecule has 0 saturated heterocycles. The number of methoxy groups -OCH3 is 1. The molecule has 0 spiro atoms. The van der Waals surface area contributed by atoms with Gasteiger partial charge >= 0.3 is 0 Å². The third-order valence-electron chi connectivity index (χ3n) is 1.55. The Morgan fingerprint density at radius 1 is 1.60 bits per heavy atom. The highest BCUT2D eigenvalue weighted by atomic mass is 16.5. The first kappa shape index (κ1) is 7.42. The van der Waals surface area contributed by atoms with Gasteiger partial charge in [0, 0.05) is 26.6 Å². The van der Waals surface area contributed by atoms with E-state index in [-0.39, 0.29) is 0 Å². The SMILES string of the molecule is COCCCC1=C[CH+]C=C1. The van der Waals surface area contributed by atoms with Crippen molar-refractivity contribution in [1.82, 2.24) is 0 Å². The van der Waals surface area contributed by atoms with Crippen LogP contribution in [-0.2, 0) is 4.74 Å². The normalized spacial score (nSPS) is 15.1. The first-order valence-electron chi connectivity index (χ1n) is 3.63. The van der Waals surface area contributed by atoms with Gasteiger partial charge in [-0.25, -0.2) is 0 Å². The predicted octanol–water partition coefficient (Wildman–Crippen LogP) is 2.11. The van der Waals surface area contributed by atoms with E-state index in [1.54, 1.807) is 7.11 Å². The number of hydrogen-bond acceptors (Lipinski definition) is 1. The van der Waals surface area contributed by atoms with Crippen LogP contribution in [0.3, 0.4) is 0 Å². The van der Waals surface area contributed by atoms with E-state index < -0.39 is 0 Å². The predicted molar refractivity (Wildman–Crippen MR) is 42.6 cm³/mol. The molecule has 0 atom stereocenters. The van der Waals surface area contributed by atoms with Crippen LogP contribution in [-0.4, -0.2) is 13.7 Å². The highest BCUT2D eigenvalue weighted by Gasteiger charge is 2.05. The first-order valence-corrected chi connectivity index (χ1v) is 3.63. The lowest BCUT2D eigenvalue weighted by atomic mass is 10.2. The molecule has 0 aliphatic heterocycles. The van der Waals surface area contributed by atoms with Crippen LogP contribution >= 0.6 is 0 Å². The van der Waals surface area contributed by atoms with Crippen LogP contribution in [0.4, 0.5) is 0 Å². The summed E-state index contributed by atoms with van der Waals surface area (Å²) in [6, 6.07) is 0. The third-order valence-corrected chi connectivity index (χ3v) is 1.55. The zero-order chi connectivity index (χ0) is 7.23. The van der Waals surface area contributed by atoms with Crippen molar-refractivity contribution in [2.75, 3.05) is 13.7 Å². The topological polar surface area (TPSA) is 9.23 Å². The van der Waals surface area contributed by atoms with Crippen molar-refractivity contribution in [2.24, 2.45) is 0 Å². The van der Waals surface area contributed by atoms with E-state index in [0.717, 1.165) is 19.4 Å². The molecule has 1 aliphatic carbocycles. The second-order valence-corrected chi connectivity index (χ2v) is 2.39. The Morgan fingerprint density at radius 2 is 2.50 bits per heavy atom. The third kappa shape index (κ3) is 2.28. The van der Waals surface area contributed by atoms with Crippen LogP contribution in [0.1, 0.15) is 12.8 Å². The number of hydrogen-bond donors (Lipinski definition) is 0. The fourth-order valence-corrected chi connectivity index (χ4v) is 1.00. The molecule has 0 aromatic rings. The monoisotopic (exact) mass is 137 g/mol. The summed E-state index contributed by atoms with van der Waals surface area (Å²) >= 11 is 0. The van der Waals surface area contributed by atoms with E-state index in [2.05, 4.69) is 24.6 Å². The summed E-state index contributed by atoms with van der Waals surface area (Å²) in [5, 5.41) is 0. The quantitative estimate of drug-likeness (QED) is 0.426. The number of allylic oxidation sites excluding steroid dienone is 4. The summed E-state index contributed by atoms with van der Waals surface area (Å²) in [7, 11) is 1.74. The lowest BCUT2D eigenvalue weighted by molar-refractivity contribution is 0.195. The standard InChI is InChI=1S/C9H13O/c1-10-8-4-7-9-5-2-3-6-9/h2-3,5-6H,4,7-8H2,1H3/q+1. The van der Waals surface area contributed by atoms with Gasteiger partial charge in [-0.05, 0) is 6.42 Å². The van der Waals surface area contributed by atoms with Crippen molar-refractivity contribution >= 4 is 0 Å². The molecule has 0 bridgehead atoms. The highest BCUT2D eigenvalue weighted by Crippen LogP contribution is 2.13. The summed E-state index contributed by atoms with van der Waals surface area (Å²) < 4.78 is 4.94. The summed E-state index contributed by atoms with van der Waals surface area (Å²) in [4.78, 5) is 0.